The van der Waals surface area contributed by atoms with Crippen LogP contribution < -0.4 is 14.8 Å². The van der Waals surface area contributed by atoms with Gasteiger partial charge in [-0.3, -0.25) is 0 Å². The number of fused-ring (bicyclic) bond motifs is 1. The molecule has 2 heterocycles. The van der Waals surface area contributed by atoms with Gasteiger partial charge in [0.1, 0.15) is 0 Å². The number of aliphatic hydroxyl groups is 1. The van der Waals surface area contributed by atoms with Crippen LogP contribution in [0.4, 0.5) is 5.69 Å². The average molecular weight is 360 g/mol. The summed E-state index contributed by atoms with van der Waals surface area (Å²) in [5.41, 5.74) is 2.23. The summed E-state index contributed by atoms with van der Waals surface area (Å²) < 4.78 is 15.9. The minimum atomic E-state index is -0.0549. The summed E-state index contributed by atoms with van der Waals surface area (Å²) in [5, 5.41) is 16.9. The molecule has 0 fully saturated rings. The van der Waals surface area contributed by atoms with Gasteiger partial charge in [-0.05, 0) is 35.9 Å². The lowest BCUT2D eigenvalue weighted by Gasteiger charge is -2.07. The highest BCUT2D eigenvalue weighted by Crippen LogP contribution is 2.35. The van der Waals surface area contributed by atoms with Crippen molar-refractivity contribution in [1.29, 1.82) is 0 Å². The molecule has 0 saturated heterocycles. The molecule has 0 unspecified atom stereocenters. The molecule has 0 radical (unpaired) electrons. The van der Waals surface area contributed by atoms with E-state index in [-0.39, 0.29) is 13.4 Å². The molecule has 25 heavy (non-hydrogen) atoms. The normalized spacial score (nSPS) is 12.4. The number of benzene rings is 2. The Bertz CT molecular complexity index is 913. The molecule has 1 aliphatic heterocycles. The van der Waals surface area contributed by atoms with Crippen LogP contribution in [0.5, 0.6) is 11.5 Å². The van der Waals surface area contributed by atoms with Crippen LogP contribution in [-0.4, -0.2) is 22.0 Å². The fourth-order valence-corrected chi connectivity index (χ4v) is 2.64. The summed E-state index contributed by atoms with van der Waals surface area (Å²) >= 11 is 6.14. The molecule has 0 atom stereocenters. The fourth-order valence-electron chi connectivity index (χ4n) is 2.46. The van der Waals surface area contributed by atoms with Gasteiger partial charge in [-0.25, -0.2) is 0 Å². The van der Waals surface area contributed by atoms with Crippen molar-refractivity contribution < 1.29 is 19.1 Å². The first-order valence-corrected chi connectivity index (χ1v) is 7.96. The van der Waals surface area contributed by atoms with Crippen LogP contribution in [0.2, 0.25) is 5.02 Å². The summed E-state index contributed by atoms with van der Waals surface area (Å²) in [7, 11) is 0. The van der Waals surface area contributed by atoms with Crippen LogP contribution in [0.25, 0.3) is 11.4 Å². The summed E-state index contributed by atoms with van der Waals surface area (Å²) in [6.07, 6.45) is 0. The van der Waals surface area contributed by atoms with E-state index in [4.69, 9.17) is 25.6 Å². The number of halogens is 1. The van der Waals surface area contributed by atoms with Gasteiger partial charge in [-0.2, -0.15) is 4.98 Å². The number of nitrogens with one attached hydrogen (secondary N) is 1. The fraction of sp³-hybridized carbons (Fsp3) is 0.176. The number of hydrogen-bond donors (Lipinski definition) is 2. The zero-order valence-electron chi connectivity index (χ0n) is 13.0. The Morgan fingerprint density at radius 2 is 2.00 bits per heavy atom. The molecule has 1 aliphatic rings. The third-order valence-electron chi connectivity index (χ3n) is 3.74. The Kier molecular flexibility index (Phi) is 4.17. The number of aromatic nitrogens is 2. The predicted octanol–water partition coefficient (Wildman–Crippen LogP) is 3.22. The molecule has 0 saturated carbocycles. The van der Waals surface area contributed by atoms with Crippen molar-refractivity contribution in [2.75, 3.05) is 12.1 Å². The lowest BCUT2D eigenvalue weighted by Crippen LogP contribution is -2.01. The average Bonchev–Trinajstić information content (AvgIpc) is 3.29. The molecule has 2 N–H and O–H groups in total. The zero-order chi connectivity index (χ0) is 17.2. The second-order valence-corrected chi connectivity index (χ2v) is 5.81. The SMILES string of the molecule is OCc1ccc(Cl)c(NCc2nc(-c3ccc4c(c3)OCO4)no2)c1. The van der Waals surface area contributed by atoms with Crippen LogP contribution in [0, 0.1) is 0 Å². The van der Waals surface area contributed by atoms with Gasteiger partial charge < -0.3 is 24.4 Å². The monoisotopic (exact) mass is 359 g/mol. The highest BCUT2D eigenvalue weighted by atomic mass is 35.5. The number of hydrogen-bond acceptors (Lipinski definition) is 7. The summed E-state index contributed by atoms with van der Waals surface area (Å²) in [6.45, 7) is 0.473. The van der Waals surface area contributed by atoms with Gasteiger partial charge >= 0.3 is 0 Å². The van der Waals surface area contributed by atoms with E-state index in [0.29, 0.717) is 40.5 Å². The number of aliphatic hydroxyl groups excluding tert-OH is 1. The van der Waals surface area contributed by atoms with Crippen molar-refractivity contribution in [3.8, 4) is 22.9 Å². The number of rotatable bonds is 5. The predicted molar refractivity (Wildman–Crippen MR) is 90.6 cm³/mol. The second-order valence-electron chi connectivity index (χ2n) is 5.41. The maximum absolute atomic E-state index is 9.20. The van der Waals surface area contributed by atoms with Gasteiger partial charge in [0.25, 0.3) is 0 Å². The molecule has 8 heteroatoms. The highest BCUT2D eigenvalue weighted by molar-refractivity contribution is 6.33. The molecule has 0 spiro atoms. The third-order valence-corrected chi connectivity index (χ3v) is 4.07. The standard InChI is InChI=1S/C17H14ClN3O4/c18-12-3-1-10(8-22)5-13(12)19-7-16-20-17(21-25-16)11-2-4-14-15(6-11)24-9-23-14/h1-6,19,22H,7-9H2. The van der Waals surface area contributed by atoms with E-state index < -0.39 is 0 Å². The molecule has 1 aromatic heterocycles. The largest absolute Gasteiger partial charge is 0.454 e. The van der Waals surface area contributed by atoms with E-state index in [2.05, 4.69) is 15.5 Å². The molecule has 0 bridgehead atoms. The molecule has 2 aromatic carbocycles. The highest BCUT2D eigenvalue weighted by Gasteiger charge is 2.16. The molecule has 3 aromatic rings. The van der Waals surface area contributed by atoms with Gasteiger partial charge in [0.05, 0.1) is 23.9 Å². The van der Waals surface area contributed by atoms with Crippen LogP contribution in [0.15, 0.2) is 40.9 Å². The maximum Gasteiger partial charge on any atom is 0.246 e. The molecule has 0 amide bonds. The number of nitrogens with zero attached hydrogens (tertiary/aromatic N) is 2. The summed E-state index contributed by atoms with van der Waals surface area (Å²) in [4.78, 5) is 4.36. The smallest absolute Gasteiger partial charge is 0.246 e. The van der Waals surface area contributed by atoms with Gasteiger partial charge in [-0.1, -0.05) is 22.8 Å². The van der Waals surface area contributed by atoms with Crippen LogP contribution >= 0.6 is 11.6 Å². The minimum Gasteiger partial charge on any atom is -0.454 e. The molecule has 128 valence electrons. The van der Waals surface area contributed by atoms with E-state index in [1.807, 2.05) is 18.2 Å². The van der Waals surface area contributed by atoms with E-state index in [1.54, 1.807) is 18.2 Å². The van der Waals surface area contributed by atoms with Crippen molar-refractivity contribution in [3.05, 3.63) is 52.9 Å². The number of ether oxygens (including phenoxy) is 2. The van der Waals surface area contributed by atoms with E-state index >= 15 is 0 Å². The minimum absolute atomic E-state index is 0.0549. The Hall–Kier alpha value is -2.77. The zero-order valence-corrected chi connectivity index (χ0v) is 13.8. The summed E-state index contributed by atoms with van der Waals surface area (Å²) in [6, 6.07) is 10.7. The van der Waals surface area contributed by atoms with Crippen molar-refractivity contribution in [2.45, 2.75) is 13.2 Å². The third kappa shape index (κ3) is 3.24. The van der Waals surface area contributed by atoms with Gasteiger partial charge in [-0.15, -0.1) is 0 Å². The van der Waals surface area contributed by atoms with Crippen molar-refractivity contribution in [1.82, 2.24) is 10.1 Å². The lowest BCUT2D eigenvalue weighted by atomic mass is 10.2. The molecular formula is C17H14ClN3O4. The van der Waals surface area contributed by atoms with Crippen LogP contribution in [0.3, 0.4) is 0 Å². The first kappa shape index (κ1) is 15.7. The van der Waals surface area contributed by atoms with E-state index in [1.165, 1.54) is 0 Å². The molecule has 7 nitrogen and oxygen atoms in total. The Labute approximate surface area is 148 Å². The van der Waals surface area contributed by atoms with E-state index in [0.717, 1.165) is 11.1 Å². The second kappa shape index (κ2) is 6.62. The van der Waals surface area contributed by atoms with Crippen molar-refractivity contribution in [2.24, 2.45) is 0 Å². The first-order valence-electron chi connectivity index (χ1n) is 7.59. The quantitative estimate of drug-likeness (QED) is 0.722. The van der Waals surface area contributed by atoms with Gasteiger partial charge in [0.15, 0.2) is 11.5 Å². The Morgan fingerprint density at radius 1 is 1.12 bits per heavy atom. The lowest BCUT2D eigenvalue weighted by molar-refractivity contribution is 0.174. The maximum atomic E-state index is 9.20. The van der Waals surface area contributed by atoms with Gasteiger partial charge in [0.2, 0.25) is 18.5 Å². The van der Waals surface area contributed by atoms with Crippen LogP contribution in [0.1, 0.15) is 11.5 Å². The first-order chi connectivity index (χ1) is 12.2. The van der Waals surface area contributed by atoms with Crippen molar-refractivity contribution in [3.63, 3.8) is 0 Å². The molecule has 4 rings (SSSR count). The Balaban J connectivity index is 1.48. The van der Waals surface area contributed by atoms with Gasteiger partial charge in [0, 0.05) is 5.56 Å². The van der Waals surface area contributed by atoms with E-state index in [9.17, 15) is 5.11 Å². The van der Waals surface area contributed by atoms with Crippen LogP contribution in [-0.2, 0) is 13.2 Å². The summed E-state index contributed by atoms with van der Waals surface area (Å²) in [5.74, 6) is 2.24. The Morgan fingerprint density at radius 3 is 2.88 bits per heavy atom. The number of anilines is 1. The molecule has 0 aliphatic carbocycles. The topological polar surface area (TPSA) is 89.6 Å². The van der Waals surface area contributed by atoms with Crippen molar-refractivity contribution >= 4 is 17.3 Å². The molecular weight excluding hydrogens is 346 g/mol.